The van der Waals surface area contributed by atoms with Gasteiger partial charge in [0.05, 0.1) is 11.6 Å². The standard InChI is InChI=1S/C21H27N3O3/c1-23-14-18(20(25)17-6-2-3-7-19(17)23)21(26)22-15-8-10-24(11-9-15)13-16-5-4-12-27-16/h2-3,6-7,14-16H,4-5,8-13H2,1H3,(H,22,26). The summed E-state index contributed by atoms with van der Waals surface area (Å²) in [5.41, 5.74) is 0.858. The molecule has 2 aromatic rings. The molecule has 6 nitrogen and oxygen atoms in total. The van der Waals surface area contributed by atoms with Gasteiger partial charge < -0.3 is 19.5 Å². The monoisotopic (exact) mass is 369 g/mol. The average molecular weight is 369 g/mol. The largest absolute Gasteiger partial charge is 0.377 e. The van der Waals surface area contributed by atoms with Gasteiger partial charge in [0.1, 0.15) is 5.56 Å². The summed E-state index contributed by atoms with van der Waals surface area (Å²) in [7, 11) is 1.86. The van der Waals surface area contributed by atoms with E-state index in [0.29, 0.717) is 11.5 Å². The minimum absolute atomic E-state index is 0.120. The van der Waals surface area contributed by atoms with E-state index in [9.17, 15) is 9.59 Å². The van der Waals surface area contributed by atoms with E-state index in [1.54, 1.807) is 12.3 Å². The molecule has 2 saturated heterocycles. The molecule has 1 aromatic heterocycles. The van der Waals surface area contributed by atoms with Crippen LogP contribution >= 0.6 is 0 Å². The van der Waals surface area contributed by atoms with E-state index < -0.39 is 0 Å². The van der Waals surface area contributed by atoms with Crippen molar-refractivity contribution in [2.24, 2.45) is 7.05 Å². The van der Waals surface area contributed by atoms with E-state index in [2.05, 4.69) is 10.2 Å². The van der Waals surface area contributed by atoms with Crippen LogP contribution in [-0.2, 0) is 11.8 Å². The number of piperidine rings is 1. The Hall–Kier alpha value is -2.18. The molecule has 0 aliphatic carbocycles. The van der Waals surface area contributed by atoms with E-state index in [0.717, 1.165) is 57.4 Å². The Labute approximate surface area is 159 Å². The molecule has 1 N–H and O–H groups in total. The molecule has 0 bridgehead atoms. The van der Waals surface area contributed by atoms with Crippen LogP contribution < -0.4 is 10.7 Å². The van der Waals surface area contributed by atoms with Gasteiger partial charge >= 0.3 is 0 Å². The van der Waals surface area contributed by atoms with Gasteiger partial charge in [-0.3, -0.25) is 9.59 Å². The number of fused-ring (bicyclic) bond motifs is 1. The molecule has 4 rings (SSSR count). The quantitative estimate of drug-likeness (QED) is 0.894. The summed E-state index contributed by atoms with van der Waals surface area (Å²) in [4.78, 5) is 27.9. The predicted octanol–water partition coefficient (Wildman–Crippen LogP) is 1.91. The molecule has 2 aliphatic rings. The molecule has 0 radical (unpaired) electrons. The Balaban J connectivity index is 1.39. The van der Waals surface area contributed by atoms with Crippen LogP contribution in [0.5, 0.6) is 0 Å². The number of aryl methyl sites for hydroxylation is 1. The fraction of sp³-hybridized carbons (Fsp3) is 0.524. The van der Waals surface area contributed by atoms with Crippen molar-refractivity contribution in [3.8, 4) is 0 Å². The Kier molecular flexibility index (Phi) is 5.27. The Bertz CT molecular complexity index is 878. The number of nitrogens with one attached hydrogen (secondary N) is 1. The van der Waals surface area contributed by atoms with Gasteiger partial charge in [0.2, 0.25) is 5.43 Å². The number of carbonyl (C=O) groups is 1. The summed E-state index contributed by atoms with van der Waals surface area (Å²) < 4.78 is 7.56. The summed E-state index contributed by atoms with van der Waals surface area (Å²) >= 11 is 0. The molecule has 1 aromatic carbocycles. The van der Waals surface area contributed by atoms with E-state index in [1.807, 2.05) is 29.8 Å². The number of carbonyl (C=O) groups excluding carboxylic acids is 1. The van der Waals surface area contributed by atoms with Gasteiger partial charge in [0.25, 0.3) is 5.91 Å². The van der Waals surface area contributed by atoms with Gasteiger partial charge in [-0.1, -0.05) is 12.1 Å². The van der Waals surface area contributed by atoms with Crippen LogP contribution in [0, 0.1) is 0 Å². The highest BCUT2D eigenvalue weighted by molar-refractivity contribution is 5.97. The molecule has 27 heavy (non-hydrogen) atoms. The summed E-state index contributed by atoms with van der Waals surface area (Å²) in [5.74, 6) is -0.265. The first-order valence-corrected chi connectivity index (χ1v) is 9.85. The SMILES string of the molecule is Cn1cc(C(=O)NC2CCN(CC3CCCO3)CC2)c(=O)c2ccccc21. The van der Waals surface area contributed by atoms with E-state index >= 15 is 0 Å². The molecule has 6 heteroatoms. The van der Waals surface area contributed by atoms with Crippen molar-refractivity contribution in [1.82, 2.24) is 14.8 Å². The highest BCUT2D eigenvalue weighted by atomic mass is 16.5. The Morgan fingerprint density at radius 3 is 2.74 bits per heavy atom. The number of hydrogen-bond donors (Lipinski definition) is 1. The van der Waals surface area contributed by atoms with Crippen molar-refractivity contribution in [3.63, 3.8) is 0 Å². The van der Waals surface area contributed by atoms with Gasteiger partial charge in [-0.05, 0) is 37.8 Å². The van der Waals surface area contributed by atoms with E-state index in [-0.39, 0.29) is 22.9 Å². The average Bonchev–Trinajstić information content (AvgIpc) is 3.19. The smallest absolute Gasteiger partial charge is 0.256 e. The highest BCUT2D eigenvalue weighted by Gasteiger charge is 2.25. The lowest BCUT2D eigenvalue weighted by atomic mass is 10.0. The maximum atomic E-state index is 12.7. The summed E-state index contributed by atoms with van der Waals surface area (Å²) in [6.45, 7) is 3.80. The minimum Gasteiger partial charge on any atom is -0.377 e. The lowest BCUT2D eigenvalue weighted by Gasteiger charge is -2.33. The van der Waals surface area contributed by atoms with Crippen molar-refractivity contribution < 1.29 is 9.53 Å². The summed E-state index contributed by atoms with van der Waals surface area (Å²) in [5, 5.41) is 3.65. The number of rotatable bonds is 4. The number of para-hydroxylation sites is 1. The predicted molar refractivity (Wildman–Crippen MR) is 105 cm³/mol. The topological polar surface area (TPSA) is 63.6 Å². The normalized spacial score (nSPS) is 21.6. The van der Waals surface area contributed by atoms with Crippen molar-refractivity contribution in [2.75, 3.05) is 26.2 Å². The molecule has 2 aliphatic heterocycles. The Morgan fingerprint density at radius 1 is 1.22 bits per heavy atom. The number of aromatic nitrogens is 1. The maximum Gasteiger partial charge on any atom is 0.256 e. The number of amides is 1. The van der Waals surface area contributed by atoms with Crippen LogP contribution in [0.1, 0.15) is 36.0 Å². The zero-order chi connectivity index (χ0) is 18.8. The maximum absolute atomic E-state index is 12.7. The van der Waals surface area contributed by atoms with Gasteiger partial charge in [0, 0.05) is 50.9 Å². The fourth-order valence-corrected chi connectivity index (χ4v) is 4.20. The van der Waals surface area contributed by atoms with Gasteiger partial charge in [-0.15, -0.1) is 0 Å². The van der Waals surface area contributed by atoms with Gasteiger partial charge in [0.15, 0.2) is 0 Å². The summed E-state index contributed by atoms with van der Waals surface area (Å²) in [6, 6.07) is 7.51. The van der Waals surface area contributed by atoms with Gasteiger partial charge in [-0.2, -0.15) is 0 Å². The van der Waals surface area contributed by atoms with Crippen molar-refractivity contribution in [1.29, 1.82) is 0 Å². The lowest BCUT2D eigenvalue weighted by Crippen LogP contribution is -2.47. The second kappa shape index (κ2) is 7.82. The number of hydrogen-bond acceptors (Lipinski definition) is 4. The molecule has 1 atom stereocenters. The van der Waals surface area contributed by atoms with Crippen molar-refractivity contribution in [3.05, 3.63) is 46.2 Å². The first-order chi connectivity index (χ1) is 13.1. The van der Waals surface area contributed by atoms with Crippen LogP contribution in [0.4, 0.5) is 0 Å². The molecule has 0 spiro atoms. The lowest BCUT2D eigenvalue weighted by molar-refractivity contribution is 0.0612. The fourth-order valence-electron chi connectivity index (χ4n) is 4.20. The third-order valence-electron chi connectivity index (χ3n) is 5.75. The minimum atomic E-state index is -0.265. The third kappa shape index (κ3) is 3.92. The molecule has 0 saturated carbocycles. The number of ether oxygens (including phenoxy) is 1. The van der Waals surface area contributed by atoms with Gasteiger partial charge in [-0.25, -0.2) is 0 Å². The second-order valence-electron chi connectivity index (χ2n) is 7.68. The van der Waals surface area contributed by atoms with Crippen LogP contribution in [-0.4, -0.2) is 53.8 Å². The van der Waals surface area contributed by atoms with E-state index in [1.165, 1.54) is 0 Å². The van der Waals surface area contributed by atoms with E-state index in [4.69, 9.17) is 4.74 Å². The van der Waals surface area contributed by atoms with Crippen LogP contribution in [0.2, 0.25) is 0 Å². The second-order valence-corrected chi connectivity index (χ2v) is 7.68. The molecule has 1 amide bonds. The number of benzene rings is 1. The number of likely N-dealkylation sites (tertiary alicyclic amines) is 1. The zero-order valence-electron chi connectivity index (χ0n) is 15.8. The molecule has 144 valence electrons. The molecule has 3 heterocycles. The molecule has 1 unspecified atom stereocenters. The summed E-state index contributed by atoms with van der Waals surface area (Å²) in [6.07, 6.45) is 6.15. The highest BCUT2D eigenvalue weighted by Crippen LogP contribution is 2.17. The Morgan fingerprint density at radius 2 is 2.00 bits per heavy atom. The van der Waals surface area contributed by atoms with Crippen LogP contribution in [0.15, 0.2) is 35.3 Å². The molecular weight excluding hydrogens is 342 g/mol. The van der Waals surface area contributed by atoms with Crippen molar-refractivity contribution >= 4 is 16.8 Å². The number of nitrogens with zero attached hydrogens (tertiary/aromatic N) is 2. The molecular formula is C21H27N3O3. The van der Waals surface area contributed by atoms with Crippen LogP contribution in [0.25, 0.3) is 10.9 Å². The zero-order valence-corrected chi connectivity index (χ0v) is 15.8. The number of pyridine rings is 1. The molecule has 2 fully saturated rings. The van der Waals surface area contributed by atoms with Crippen LogP contribution in [0.3, 0.4) is 0 Å². The third-order valence-corrected chi connectivity index (χ3v) is 5.75. The van der Waals surface area contributed by atoms with Crippen molar-refractivity contribution in [2.45, 2.75) is 37.8 Å². The first kappa shape index (κ1) is 18.2. The first-order valence-electron chi connectivity index (χ1n) is 9.85.